The summed E-state index contributed by atoms with van der Waals surface area (Å²) in [7, 11) is 0. The van der Waals surface area contributed by atoms with Crippen molar-refractivity contribution in [3.8, 4) is 79.6 Å². The van der Waals surface area contributed by atoms with Crippen LogP contribution in [0.15, 0.2) is 140 Å². The van der Waals surface area contributed by atoms with E-state index in [0.29, 0.717) is 34.9 Å². The first-order chi connectivity index (χ1) is 25.3. The average molecular weight is 674 g/mol. The molecule has 0 bridgehead atoms. The first-order valence-electron chi connectivity index (χ1n) is 17.2. The summed E-state index contributed by atoms with van der Waals surface area (Å²) in [6, 6.07) is 45.1. The van der Waals surface area contributed by atoms with E-state index in [1.807, 2.05) is 66.9 Å². The Labute approximate surface area is 303 Å². The molecule has 0 atom stereocenters. The highest BCUT2D eigenvalue weighted by molar-refractivity contribution is 5.71. The fraction of sp³-hybridized carbons (Fsp3) is 0.0889. The Morgan fingerprint density at radius 2 is 0.481 bits per heavy atom. The van der Waals surface area contributed by atoms with Crippen molar-refractivity contribution >= 4 is 0 Å². The van der Waals surface area contributed by atoms with Gasteiger partial charge in [-0.2, -0.15) is 0 Å². The maximum absolute atomic E-state index is 4.90. The van der Waals surface area contributed by atoms with E-state index in [1.165, 1.54) is 22.3 Å². The van der Waals surface area contributed by atoms with Crippen molar-refractivity contribution in [2.24, 2.45) is 0 Å². The van der Waals surface area contributed by atoms with E-state index in [0.717, 1.165) is 44.6 Å². The standard InChI is InChI=1S/C45H35N7/c1-28-5-13-33(14-6-28)40-47-41(34-15-7-29(2)8-16-34)49-44(48-40)37-23-21-32(22-24-37)39-26-25-38(27-46-39)45-51-42(35-17-9-30(3)10-18-35)50-43(52-45)36-19-11-31(4)12-20-36/h5-27H,1-4H3. The lowest BCUT2D eigenvalue weighted by Gasteiger charge is -2.10. The highest BCUT2D eigenvalue weighted by atomic mass is 15.0. The quantitative estimate of drug-likeness (QED) is 0.166. The first-order valence-corrected chi connectivity index (χ1v) is 17.2. The molecule has 8 aromatic rings. The summed E-state index contributed by atoms with van der Waals surface area (Å²) >= 11 is 0. The van der Waals surface area contributed by atoms with Crippen LogP contribution >= 0.6 is 0 Å². The van der Waals surface area contributed by atoms with Gasteiger partial charge in [0, 0.05) is 45.1 Å². The van der Waals surface area contributed by atoms with Crippen LogP contribution in [-0.2, 0) is 0 Å². The zero-order valence-corrected chi connectivity index (χ0v) is 29.4. The number of nitrogens with zero attached hydrogens (tertiary/aromatic N) is 7. The molecule has 0 aliphatic heterocycles. The predicted molar refractivity (Wildman–Crippen MR) is 208 cm³/mol. The normalized spacial score (nSPS) is 11.1. The Morgan fingerprint density at radius 1 is 0.250 bits per heavy atom. The van der Waals surface area contributed by atoms with Gasteiger partial charge in [-0.15, -0.1) is 0 Å². The molecule has 0 radical (unpaired) electrons. The summed E-state index contributed by atoms with van der Waals surface area (Å²) in [6.45, 7) is 8.28. The van der Waals surface area contributed by atoms with Crippen molar-refractivity contribution in [3.63, 3.8) is 0 Å². The minimum atomic E-state index is 0.569. The van der Waals surface area contributed by atoms with E-state index in [-0.39, 0.29) is 0 Å². The molecule has 0 aliphatic rings. The third-order valence-electron chi connectivity index (χ3n) is 8.97. The maximum atomic E-state index is 4.90. The molecule has 0 spiro atoms. The molecular formula is C45H35N7. The molecule has 0 N–H and O–H groups in total. The molecule has 7 nitrogen and oxygen atoms in total. The predicted octanol–water partition coefficient (Wildman–Crippen LogP) is 10.4. The van der Waals surface area contributed by atoms with Crippen LogP contribution < -0.4 is 0 Å². The molecule has 3 aromatic heterocycles. The van der Waals surface area contributed by atoms with E-state index in [1.54, 1.807) is 0 Å². The van der Waals surface area contributed by atoms with Crippen molar-refractivity contribution in [1.29, 1.82) is 0 Å². The number of aryl methyl sites for hydroxylation is 4. The molecule has 3 heterocycles. The fourth-order valence-electron chi connectivity index (χ4n) is 5.82. The molecule has 250 valence electrons. The van der Waals surface area contributed by atoms with Gasteiger partial charge in [-0.25, -0.2) is 29.9 Å². The number of rotatable bonds is 7. The second kappa shape index (κ2) is 13.9. The van der Waals surface area contributed by atoms with Gasteiger partial charge in [0.15, 0.2) is 34.9 Å². The fourth-order valence-corrected chi connectivity index (χ4v) is 5.82. The van der Waals surface area contributed by atoms with Crippen LogP contribution in [0.25, 0.3) is 79.6 Å². The van der Waals surface area contributed by atoms with Crippen molar-refractivity contribution in [1.82, 2.24) is 34.9 Å². The lowest BCUT2D eigenvalue weighted by atomic mass is 10.1. The Hall–Kier alpha value is -6.73. The van der Waals surface area contributed by atoms with Gasteiger partial charge >= 0.3 is 0 Å². The number of hydrogen-bond donors (Lipinski definition) is 0. The Morgan fingerprint density at radius 3 is 0.750 bits per heavy atom. The molecular weight excluding hydrogens is 639 g/mol. The third kappa shape index (κ3) is 6.98. The SMILES string of the molecule is Cc1ccc(-c2nc(-c3ccc(C)cc3)nc(-c3ccc(-c4ccc(-c5nc(-c6ccc(C)cc6)nc(-c6ccc(C)cc6)n5)cn4)cc3)n2)cc1. The highest BCUT2D eigenvalue weighted by Crippen LogP contribution is 2.29. The van der Waals surface area contributed by atoms with Crippen LogP contribution in [0, 0.1) is 27.7 Å². The molecule has 8 rings (SSSR count). The van der Waals surface area contributed by atoms with Crippen LogP contribution in [0.5, 0.6) is 0 Å². The van der Waals surface area contributed by atoms with Crippen LogP contribution in [0.4, 0.5) is 0 Å². The van der Waals surface area contributed by atoms with E-state index in [4.69, 9.17) is 34.9 Å². The van der Waals surface area contributed by atoms with Crippen molar-refractivity contribution in [2.45, 2.75) is 27.7 Å². The number of hydrogen-bond acceptors (Lipinski definition) is 7. The topological polar surface area (TPSA) is 90.2 Å². The molecule has 0 unspecified atom stereocenters. The lowest BCUT2D eigenvalue weighted by Crippen LogP contribution is -2.01. The van der Waals surface area contributed by atoms with Crippen LogP contribution in [0.1, 0.15) is 22.3 Å². The van der Waals surface area contributed by atoms with Crippen molar-refractivity contribution in [2.75, 3.05) is 0 Å². The Balaban J connectivity index is 1.11. The number of pyridine rings is 1. The molecule has 52 heavy (non-hydrogen) atoms. The minimum absolute atomic E-state index is 0.569. The summed E-state index contributed by atoms with van der Waals surface area (Å²) in [6.07, 6.45) is 1.82. The Bertz CT molecular complexity index is 2180. The first kappa shape index (κ1) is 32.5. The molecule has 0 saturated carbocycles. The lowest BCUT2D eigenvalue weighted by molar-refractivity contribution is 1.07. The van der Waals surface area contributed by atoms with E-state index < -0.39 is 0 Å². The molecule has 0 saturated heterocycles. The summed E-state index contributed by atoms with van der Waals surface area (Å²) in [4.78, 5) is 34.1. The average Bonchev–Trinajstić information content (AvgIpc) is 3.19. The summed E-state index contributed by atoms with van der Waals surface area (Å²) < 4.78 is 0. The van der Waals surface area contributed by atoms with Gasteiger partial charge in [-0.1, -0.05) is 144 Å². The van der Waals surface area contributed by atoms with Gasteiger partial charge in [0.25, 0.3) is 0 Å². The smallest absolute Gasteiger partial charge is 0.165 e. The number of aromatic nitrogens is 7. The third-order valence-corrected chi connectivity index (χ3v) is 8.97. The van der Waals surface area contributed by atoms with Crippen LogP contribution in [0.2, 0.25) is 0 Å². The molecule has 0 amide bonds. The van der Waals surface area contributed by atoms with Crippen LogP contribution in [-0.4, -0.2) is 34.9 Å². The number of benzene rings is 5. The van der Waals surface area contributed by atoms with Crippen molar-refractivity contribution < 1.29 is 0 Å². The van der Waals surface area contributed by atoms with Gasteiger partial charge in [0.2, 0.25) is 0 Å². The van der Waals surface area contributed by atoms with Crippen LogP contribution in [0.3, 0.4) is 0 Å². The molecule has 7 heteroatoms. The molecule has 5 aromatic carbocycles. The molecule has 0 aliphatic carbocycles. The zero-order chi connectivity index (χ0) is 35.6. The minimum Gasteiger partial charge on any atom is -0.255 e. The second-order valence-corrected chi connectivity index (χ2v) is 13.1. The monoisotopic (exact) mass is 673 g/mol. The van der Waals surface area contributed by atoms with Gasteiger partial charge in [-0.3, -0.25) is 4.98 Å². The van der Waals surface area contributed by atoms with Gasteiger partial charge in [0.1, 0.15) is 0 Å². The van der Waals surface area contributed by atoms with E-state index >= 15 is 0 Å². The zero-order valence-electron chi connectivity index (χ0n) is 29.4. The Kier molecular flexibility index (Phi) is 8.67. The van der Waals surface area contributed by atoms with Gasteiger partial charge < -0.3 is 0 Å². The van der Waals surface area contributed by atoms with Crippen molar-refractivity contribution in [3.05, 3.63) is 162 Å². The summed E-state index contributed by atoms with van der Waals surface area (Å²) in [5.74, 6) is 3.69. The summed E-state index contributed by atoms with van der Waals surface area (Å²) in [5.41, 5.74) is 12.0. The largest absolute Gasteiger partial charge is 0.255 e. The molecule has 0 fully saturated rings. The summed E-state index contributed by atoms with van der Waals surface area (Å²) in [5, 5.41) is 0. The van der Waals surface area contributed by atoms with Gasteiger partial charge in [0.05, 0.1) is 5.69 Å². The van der Waals surface area contributed by atoms with E-state index in [9.17, 15) is 0 Å². The maximum Gasteiger partial charge on any atom is 0.165 e. The second-order valence-electron chi connectivity index (χ2n) is 13.1. The van der Waals surface area contributed by atoms with Gasteiger partial charge in [-0.05, 0) is 39.8 Å². The highest BCUT2D eigenvalue weighted by Gasteiger charge is 2.15. The van der Waals surface area contributed by atoms with E-state index in [2.05, 4.69) is 100 Å².